The molecule has 0 radical (unpaired) electrons. The van der Waals surface area contributed by atoms with Gasteiger partial charge >= 0.3 is 5.97 Å². The molecule has 1 N–H and O–H groups in total. The predicted octanol–water partition coefficient (Wildman–Crippen LogP) is 5.38. The Morgan fingerprint density at radius 1 is 1.36 bits per heavy atom. The number of hydrogen-bond acceptors (Lipinski definition) is 5. The number of nitrogens with zero attached hydrogens (tertiary/aromatic N) is 2. The Balaban J connectivity index is 1.68. The molecule has 0 spiro atoms. The number of carbonyl (C=O) groups is 2. The van der Waals surface area contributed by atoms with Crippen LogP contribution < -0.4 is 0 Å². The summed E-state index contributed by atoms with van der Waals surface area (Å²) in [6.07, 6.45) is 6.15. The lowest BCUT2D eigenvalue weighted by Gasteiger charge is -2.30. The molecule has 28 heavy (non-hydrogen) atoms. The van der Waals surface area contributed by atoms with Gasteiger partial charge in [-0.15, -0.1) is 11.3 Å². The van der Waals surface area contributed by atoms with Gasteiger partial charge in [-0.2, -0.15) is 0 Å². The van der Waals surface area contributed by atoms with Gasteiger partial charge in [0.05, 0.1) is 11.4 Å². The summed E-state index contributed by atoms with van der Waals surface area (Å²) < 4.78 is 0.676. The summed E-state index contributed by atoms with van der Waals surface area (Å²) in [5, 5.41) is 10.5. The first-order chi connectivity index (χ1) is 13.5. The maximum atomic E-state index is 12.5. The second-order valence-electron chi connectivity index (χ2n) is 7.08. The van der Waals surface area contributed by atoms with Crippen molar-refractivity contribution >= 4 is 35.0 Å². The van der Waals surface area contributed by atoms with Gasteiger partial charge in [-0.05, 0) is 37.3 Å². The zero-order valence-corrected chi connectivity index (χ0v) is 17.9. The molecule has 2 aromatic rings. The lowest BCUT2D eigenvalue weighted by Crippen LogP contribution is -2.34. The van der Waals surface area contributed by atoms with Crippen molar-refractivity contribution in [1.82, 2.24) is 9.88 Å². The van der Waals surface area contributed by atoms with Crippen molar-refractivity contribution in [3.05, 3.63) is 46.5 Å². The fraction of sp³-hybridized carbons (Fsp3) is 0.476. The Labute approximate surface area is 174 Å². The van der Waals surface area contributed by atoms with Crippen molar-refractivity contribution in [1.29, 1.82) is 0 Å². The molecule has 0 saturated carbocycles. The summed E-state index contributed by atoms with van der Waals surface area (Å²) in [4.78, 5) is 29.6. The van der Waals surface area contributed by atoms with E-state index in [2.05, 4.69) is 36.2 Å². The maximum absolute atomic E-state index is 12.5. The van der Waals surface area contributed by atoms with Crippen LogP contribution in [0.5, 0.6) is 0 Å². The second-order valence-corrected chi connectivity index (χ2v) is 9.50. The number of likely N-dealkylation sites (tertiary alicyclic amines) is 1. The van der Waals surface area contributed by atoms with E-state index in [1.165, 1.54) is 58.9 Å². The van der Waals surface area contributed by atoms with Gasteiger partial charge < -0.3 is 10.0 Å². The summed E-state index contributed by atoms with van der Waals surface area (Å²) >= 11 is 2.75. The number of carboxylic acids is 1. The molecule has 0 aliphatic carbocycles. The zero-order valence-electron chi connectivity index (χ0n) is 16.3. The van der Waals surface area contributed by atoms with Gasteiger partial charge in [-0.3, -0.25) is 4.79 Å². The maximum Gasteiger partial charge on any atom is 0.355 e. The summed E-state index contributed by atoms with van der Waals surface area (Å²) in [5.74, 6) is -0.878. The molecule has 1 fully saturated rings. The first-order valence-corrected chi connectivity index (χ1v) is 11.5. The van der Waals surface area contributed by atoms with Gasteiger partial charge in [-0.25, -0.2) is 9.78 Å². The molecule has 1 aromatic heterocycles. The Morgan fingerprint density at radius 2 is 2.11 bits per heavy atom. The number of aryl methyl sites for hydroxylation is 1. The number of benzene rings is 1. The summed E-state index contributed by atoms with van der Waals surface area (Å²) in [6.45, 7) is 4.20. The number of carbonyl (C=O) groups excluding carboxylic acids is 1. The zero-order chi connectivity index (χ0) is 20.1. The Hall–Kier alpha value is -1.86. The van der Waals surface area contributed by atoms with Crippen molar-refractivity contribution in [3.8, 4) is 0 Å². The van der Waals surface area contributed by atoms with Crippen LogP contribution in [0.2, 0.25) is 0 Å². The van der Waals surface area contributed by atoms with Crippen LogP contribution in [0.1, 0.15) is 73.6 Å². The van der Waals surface area contributed by atoms with Gasteiger partial charge in [0.2, 0.25) is 5.91 Å². The molecule has 2 heterocycles. The van der Waals surface area contributed by atoms with Crippen LogP contribution in [0.4, 0.5) is 0 Å². The lowest BCUT2D eigenvalue weighted by atomic mass is 10.0. The van der Waals surface area contributed by atoms with E-state index < -0.39 is 5.97 Å². The first-order valence-electron chi connectivity index (χ1n) is 9.75. The number of amides is 1. The van der Waals surface area contributed by atoms with E-state index in [1.807, 2.05) is 11.8 Å². The van der Waals surface area contributed by atoms with E-state index in [1.54, 1.807) is 0 Å². The molecule has 1 aliphatic rings. The van der Waals surface area contributed by atoms with E-state index in [0.717, 1.165) is 12.8 Å². The van der Waals surface area contributed by atoms with Crippen LogP contribution in [0, 0.1) is 0 Å². The van der Waals surface area contributed by atoms with Gasteiger partial charge in [0.25, 0.3) is 0 Å². The molecule has 2 atom stereocenters. The molecule has 3 rings (SSSR count). The van der Waals surface area contributed by atoms with Crippen LogP contribution in [-0.4, -0.2) is 32.2 Å². The number of thiazole rings is 1. The molecule has 1 saturated heterocycles. The third-order valence-electron chi connectivity index (χ3n) is 5.05. The molecular formula is C21H26N2O3S2. The van der Waals surface area contributed by atoms with Gasteiger partial charge in [-0.1, -0.05) is 55.8 Å². The van der Waals surface area contributed by atoms with Crippen molar-refractivity contribution in [2.75, 3.05) is 0 Å². The Bertz CT molecular complexity index is 819. The second kappa shape index (κ2) is 9.56. The molecule has 150 valence electrons. The number of hydrogen-bond donors (Lipinski definition) is 1. The Morgan fingerprint density at radius 3 is 2.75 bits per heavy atom. The highest BCUT2D eigenvalue weighted by Gasteiger charge is 2.36. The molecule has 1 aliphatic heterocycles. The lowest BCUT2D eigenvalue weighted by molar-refractivity contribution is -0.129. The summed E-state index contributed by atoms with van der Waals surface area (Å²) in [7, 11) is 0. The van der Waals surface area contributed by atoms with E-state index in [9.17, 15) is 9.59 Å². The molecule has 5 nitrogen and oxygen atoms in total. The molecule has 7 heteroatoms. The molecular weight excluding hydrogens is 392 g/mol. The third-order valence-corrected chi connectivity index (χ3v) is 7.13. The minimum Gasteiger partial charge on any atom is -0.476 e. The van der Waals surface area contributed by atoms with Crippen molar-refractivity contribution in [2.45, 2.75) is 68.1 Å². The first kappa shape index (κ1) is 20.9. The molecule has 1 amide bonds. The quantitative estimate of drug-likeness (QED) is 0.437. The van der Waals surface area contributed by atoms with Crippen LogP contribution in [0.15, 0.2) is 34.0 Å². The monoisotopic (exact) mass is 418 g/mol. The normalized spacial score (nSPS) is 17.9. The number of aromatic nitrogens is 1. The van der Waals surface area contributed by atoms with E-state index >= 15 is 0 Å². The van der Waals surface area contributed by atoms with E-state index in [4.69, 9.17) is 5.11 Å². The SMILES string of the molecule is CCCCCc1ccc(C2CCC(=O)N2C(C)Sc2nc(C(=O)O)cs2)cc1. The van der Waals surface area contributed by atoms with Gasteiger partial charge in [0, 0.05) is 11.8 Å². The average Bonchev–Trinajstić information content (AvgIpc) is 3.29. The van der Waals surface area contributed by atoms with E-state index in [-0.39, 0.29) is 23.0 Å². The van der Waals surface area contributed by atoms with Gasteiger partial charge in [0.15, 0.2) is 10.0 Å². The Kier molecular flexibility index (Phi) is 7.13. The highest BCUT2D eigenvalue weighted by atomic mass is 32.2. The van der Waals surface area contributed by atoms with Crippen LogP contribution in [0.25, 0.3) is 0 Å². The fourth-order valence-electron chi connectivity index (χ4n) is 3.58. The van der Waals surface area contributed by atoms with E-state index in [0.29, 0.717) is 10.8 Å². The van der Waals surface area contributed by atoms with Crippen LogP contribution >= 0.6 is 23.1 Å². The highest BCUT2D eigenvalue weighted by Crippen LogP contribution is 2.39. The number of carboxylic acid groups (broad SMARTS) is 1. The molecule has 1 aromatic carbocycles. The van der Waals surface area contributed by atoms with Crippen molar-refractivity contribution in [3.63, 3.8) is 0 Å². The largest absolute Gasteiger partial charge is 0.476 e. The minimum atomic E-state index is -1.02. The molecule has 0 bridgehead atoms. The van der Waals surface area contributed by atoms with Crippen molar-refractivity contribution in [2.24, 2.45) is 0 Å². The standard InChI is InChI=1S/C21H26N2O3S2/c1-3-4-5-6-15-7-9-16(10-8-15)18-11-12-19(24)23(18)14(2)28-21-22-17(13-27-21)20(25)26/h7-10,13-14,18H,3-6,11-12H2,1-2H3,(H,25,26). The number of unbranched alkanes of at least 4 members (excludes halogenated alkanes) is 2. The number of rotatable bonds is 9. The minimum absolute atomic E-state index is 0.0580. The molecule has 2 unspecified atom stereocenters. The van der Waals surface area contributed by atoms with Crippen LogP contribution in [0.3, 0.4) is 0 Å². The van der Waals surface area contributed by atoms with Crippen molar-refractivity contribution < 1.29 is 14.7 Å². The topological polar surface area (TPSA) is 70.5 Å². The highest BCUT2D eigenvalue weighted by molar-refractivity contribution is 8.01. The number of aromatic carboxylic acids is 1. The fourth-order valence-corrected chi connectivity index (χ4v) is 5.71. The van der Waals surface area contributed by atoms with Gasteiger partial charge in [0.1, 0.15) is 0 Å². The average molecular weight is 419 g/mol. The third kappa shape index (κ3) is 4.94. The predicted molar refractivity (Wildman–Crippen MR) is 113 cm³/mol. The number of thioether (sulfide) groups is 1. The summed E-state index contributed by atoms with van der Waals surface area (Å²) in [5.41, 5.74) is 2.57. The van der Waals surface area contributed by atoms with Crippen LogP contribution in [-0.2, 0) is 11.2 Å². The smallest absolute Gasteiger partial charge is 0.355 e. The summed E-state index contributed by atoms with van der Waals surface area (Å²) in [6, 6.07) is 8.74.